The number of aromatic amines is 1. The molecular formula is C23H26N4O2S. The van der Waals surface area contributed by atoms with E-state index in [4.69, 9.17) is 9.47 Å². The zero-order valence-electron chi connectivity index (χ0n) is 17.1. The van der Waals surface area contributed by atoms with Crippen LogP contribution in [0.5, 0.6) is 0 Å². The fourth-order valence-corrected chi connectivity index (χ4v) is 5.02. The lowest BCUT2D eigenvalue weighted by Crippen LogP contribution is -2.40. The first-order valence-electron chi connectivity index (χ1n) is 10.5. The minimum Gasteiger partial charge on any atom is -0.348 e. The molecule has 1 aromatic heterocycles. The molecule has 0 atom stereocenters. The number of hydrogen-bond donors (Lipinski definition) is 2. The minimum absolute atomic E-state index is 0.305. The highest BCUT2D eigenvalue weighted by Gasteiger charge is 2.40. The van der Waals surface area contributed by atoms with Crippen molar-refractivity contribution in [1.29, 1.82) is 0 Å². The molecule has 5 rings (SSSR count). The first-order chi connectivity index (χ1) is 14.7. The summed E-state index contributed by atoms with van der Waals surface area (Å²) in [6.07, 6.45) is 4.05. The summed E-state index contributed by atoms with van der Waals surface area (Å²) in [5, 5.41) is 7.49. The zero-order valence-corrected chi connectivity index (χ0v) is 17.9. The van der Waals surface area contributed by atoms with Crippen molar-refractivity contribution in [1.82, 2.24) is 19.9 Å². The van der Waals surface area contributed by atoms with Crippen LogP contribution in [0.4, 0.5) is 0 Å². The van der Waals surface area contributed by atoms with Gasteiger partial charge in [-0.05, 0) is 43.3 Å². The van der Waals surface area contributed by atoms with E-state index in [9.17, 15) is 0 Å². The quantitative estimate of drug-likeness (QED) is 0.579. The van der Waals surface area contributed by atoms with E-state index in [2.05, 4.69) is 45.0 Å². The molecule has 2 heterocycles. The lowest BCUT2D eigenvalue weighted by atomic mass is 9.91. The smallest absolute Gasteiger partial charge is 0.181 e. The highest BCUT2D eigenvalue weighted by Crippen LogP contribution is 2.37. The lowest BCUT2D eigenvalue weighted by molar-refractivity contribution is -0.178. The van der Waals surface area contributed by atoms with Crippen molar-refractivity contribution in [2.75, 3.05) is 13.2 Å². The van der Waals surface area contributed by atoms with Crippen LogP contribution in [0.2, 0.25) is 0 Å². The van der Waals surface area contributed by atoms with Gasteiger partial charge in [0, 0.05) is 34.9 Å². The first kappa shape index (κ1) is 19.8. The van der Waals surface area contributed by atoms with Crippen LogP contribution < -0.4 is 4.72 Å². The van der Waals surface area contributed by atoms with Crippen LogP contribution in [0.1, 0.15) is 31.2 Å². The van der Waals surface area contributed by atoms with Gasteiger partial charge in [-0.2, -0.15) is 5.10 Å². The lowest BCUT2D eigenvalue weighted by Gasteiger charge is -2.35. The Kier molecular flexibility index (Phi) is 5.60. The molecule has 3 aromatic rings. The van der Waals surface area contributed by atoms with Crippen LogP contribution in [-0.2, 0) is 9.47 Å². The number of hydrogen-bond acceptors (Lipinski definition) is 6. The fraction of sp³-hybridized carbons (Fsp3) is 0.391. The third-order valence-corrected chi connectivity index (χ3v) is 6.99. The fourth-order valence-electron chi connectivity index (χ4n) is 4.07. The number of aryl methyl sites for hydroxylation is 1. The van der Waals surface area contributed by atoms with E-state index in [1.165, 1.54) is 10.5 Å². The topological polar surface area (TPSA) is 72.1 Å². The number of rotatable bonds is 5. The van der Waals surface area contributed by atoms with E-state index in [0.717, 1.165) is 55.8 Å². The molecule has 7 heteroatoms. The number of ether oxygens (including phenoxy) is 2. The molecule has 1 saturated carbocycles. The molecule has 0 amide bonds. The molecular weight excluding hydrogens is 396 g/mol. The molecule has 30 heavy (non-hydrogen) atoms. The Morgan fingerprint density at radius 1 is 1.03 bits per heavy atom. The van der Waals surface area contributed by atoms with Gasteiger partial charge in [-0.15, -0.1) is 0 Å². The summed E-state index contributed by atoms with van der Waals surface area (Å²) in [5.41, 5.74) is 3.29. The highest BCUT2D eigenvalue weighted by atomic mass is 32.2. The van der Waals surface area contributed by atoms with Crippen molar-refractivity contribution in [3.63, 3.8) is 0 Å². The predicted octanol–water partition coefficient (Wildman–Crippen LogP) is 4.73. The third kappa shape index (κ3) is 4.16. The van der Waals surface area contributed by atoms with E-state index >= 15 is 0 Å². The number of H-pyrrole nitrogens is 1. The summed E-state index contributed by atoms with van der Waals surface area (Å²) in [6, 6.07) is 16.9. The Labute approximate surface area is 180 Å². The van der Waals surface area contributed by atoms with Crippen LogP contribution in [-0.4, -0.2) is 40.2 Å². The molecule has 2 fully saturated rings. The van der Waals surface area contributed by atoms with Crippen molar-refractivity contribution in [2.24, 2.45) is 0 Å². The van der Waals surface area contributed by atoms with Gasteiger partial charge in [-0.3, -0.25) is 9.82 Å². The molecule has 2 aromatic carbocycles. The molecule has 1 spiro atoms. The van der Waals surface area contributed by atoms with Crippen molar-refractivity contribution in [3.05, 3.63) is 54.1 Å². The van der Waals surface area contributed by atoms with E-state index < -0.39 is 0 Å². The molecule has 0 unspecified atom stereocenters. The van der Waals surface area contributed by atoms with Gasteiger partial charge in [-0.1, -0.05) is 42.5 Å². The molecule has 6 nitrogen and oxygen atoms in total. The Bertz CT molecular complexity index is 991. The number of nitrogens with zero attached hydrogens (tertiary/aromatic N) is 2. The summed E-state index contributed by atoms with van der Waals surface area (Å²) in [6.45, 7) is 3.59. The molecule has 1 saturated heterocycles. The minimum atomic E-state index is -0.305. The normalized spacial score (nSPS) is 18.8. The first-order valence-corrected chi connectivity index (χ1v) is 11.3. The Morgan fingerprint density at radius 2 is 1.80 bits per heavy atom. The monoisotopic (exact) mass is 422 g/mol. The Hall–Kier alpha value is -2.19. The van der Waals surface area contributed by atoms with E-state index in [0.29, 0.717) is 11.9 Å². The van der Waals surface area contributed by atoms with Crippen molar-refractivity contribution in [3.8, 4) is 22.8 Å². The standard InChI is InChI=1S/C23H26N4O2S/c1-16-7-8-18(22-24-21(25-26-22)17-5-3-2-4-6-17)15-20(16)30-27-19-9-11-23(12-10-19)28-13-14-29-23/h2-8,15,19,27H,9-14H2,1H3,(H,24,25,26). The van der Waals surface area contributed by atoms with Gasteiger partial charge >= 0.3 is 0 Å². The number of benzene rings is 2. The largest absolute Gasteiger partial charge is 0.348 e. The summed E-state index contributed by atoms with van der Waals surface area (Å²) in [5.74, 6) is 1.19. The molecule has 156 valence electrons. The molecule has 1 aliphatic heterocycles. The summed E-state index contributed by atoms with van der Waals surface area (Å²) in [4.78, 5) is 5.89. The van der Waals surface area contributed by atoms with E-state index in [1.807, 2.05) is 30.3 Å². The maximum Gasteiger partial charge on any atom is 0.181 e. The molecule has 2 aliphatic rings. The van der Waals surface area contributed by atoms with Gasteiger partial charge in [0.05, 0.1) is 13.2 Å². The van der Waals surface area contributed by atoms with Gasteiger partial charge in [0.1, 0.15) is 0 Å². The summed E-state index contributed by atoms with van der Waals surface area (Å²) >= 11 is 1.70. The van der Waals surface area contributed by atoms with Gasteiger partial charge in [0.25, 0.3) is 0 Å². The van der Waals surface area contributed by atoms with Crippen molar-refractivity contribution in [2.45, 2.75) is 49.3 Å². The number of aromatic nitrogens is 3. The van der Waals surface area contributed by atoms with Gasteiger partial charge in [0.15, 0.2) is 17.4 Å². The maximum atomic E-state index is 5.84. The second-order valence-electron chi connectivity index (χ2n) is 7.96. The van der Waals surface area contributed by atoms with Crippen LogP contribution >= 0.6 is 11.9 Å². The second-order valence-corrected chi connectivity index (χ2v) is 8.84. The molecule has 2 N–H and O–H groups in total. The maximum absolute atomic E-state index is 5.84. The van der Waals surface area contributed by atoms with Crippen molar-refractivity contribution < 1.29 is 9.47 Å². The summed E-state index contributed by atoms with van der Waals surface area (Å²) in [7, 11) is 0. The van der Waals surface area contributed by atoms with Crippen LogP contribution in [0.15, 0.2) is 53.4 Å². The zero-order chi connectivity index (χ0) is 20.4. The third-order valence-electron chi connectivity index (χ3n) is 5.88. The van der Waals surface area contributed by atoms with E-state index in [1.54, 1.807) is 11.9 Å². The van der Waals surface area contributed by atoms with Gasteiger partial charge < -0.3 is 9.47 Å². The van der Waals surface area contributed by atoms with Gasteiger partial charge in [-0.25, -0.2) is 4.98 Å². The SMILES string of the molecule is Cc1ccc(-c2n[nH]c(-c3ccccc3)n2)cc1SNC1CCC2(CC1)OCCO2. The predicted molar refractivity (Wildman–Crippen MR) is 118 cm³/mol. The van der Waals surface area contributed by atoms with Gasteiger partial charge in [0.2, 0.25) is 0 Å². The van der Waals surface area contributed by atoms with Crippen LogP contribution in [0, 0.1) is 6.92 Å². The Balaban J connectivity index is 1.25. The highest BCUT2D eigenvalue weighted by molar-refractivity contribution is 7.97. The molecule has 0 bridgehead atoms. The molecule has 1 aliphatic carbocycles. The van der Waals surface area contributed by atoms with Crippen LogP contribution in [0.25, 0.3) is 22.8 Å². The van der Waals surface area contributed by atoms with Crippen molar-refractivity contribution >= 4 is 11.9 Å². The average molecular weight is 423 g/mol. The Morgan fingerprint density at radius 3 is 2.57 bits per heavy atom. The second kappa shape index (κ2) is 8.51. The number of nitrogens with one attached hydrogen (secondary N) is 2. The summed E-state index contributed by atoms with van der Waals surface area (Å²) < 4.78 is 15.3. The van der Waals surface area contributed by atoms with Crippen LogP contribution in [0.3, 0.4) is 0 Å². The van der Waals surface area contributed by atoms with E-state index in [-0.39, 0.29) is 5.79 Å². The average Bonchev–Trinajstić information content (AvgIpc) is 3.46. The molecule has 0 radical (unpaired) electrons.